The molecule has 4 aliphatic rings. The summed E-state index contributed by atoms with van der Waals surface area (Å²) in [5.41, 5.74) is -0.435. The summed E-state index contributed by atoms with van der Waals surface area (Å²) in [4.78, 5) is 24.1. The molecule has 6 rings (SSSR count). The molecular formula is C23H28N4O6S. The highest BCUT2D eigenvalue weighted by Gasteiger charge is 2.53. The number of carbonyl (C=O) groups is 1. The van der Waals surface area contributed by atoms with E-state index < -0.39 is 10.8 Å². The number of amides is 1. The van der Waals surface area contributed by atoms with Gasteiger partial charge in [0, 0.05) is 18.6 Å². The van der Waals surface area contributed by atoms with Crippen LogP contribution in [0.2, 0.25) is 0 Å². The van der Waals surface area contributed by atoms with E-state index in [1.807, 2.05) is 0 Å². The fraction of sp³-hybridized carbons (Fsp3) is 0.609. The summed E-state index contributed by atoms with van der Waals surface area (Å²) in [6.07, 6.45) is 7.44. The Morgan fingerprint density at radius 1 is 1.12 bits per heavy atom. The van der Waals surface area contributed by atoms with E-state index >= 15 is 0 Å². The third kappa shape index (κ3) is 4.22. The third-order valence-corrected chi connectivity index (χ3v) is 8.49. The number of anilines is 1. The van der Waals surface area contributed by atoms with Crippen LogP contribution in [0.4, 0.5) is 10.8 Å². The first kappa shape index (κ1) is 23.0. The second-order valence-electron chi connectivity index (χ2n) is 9.68. The number of methoxy groups -OCH3 is 2. The van der Waals surface area contributed by atoms with E-state index in [-0.39, 0.29) is 34.8 Å². The molecule has 0 atom stereocenters. The molecule has 2 aromatic rings. The lowest BCUT2D eigenvalue weighted by Crippen LogP contribution is -2.48. The van der Waals surface area contributed by atoms with Gasteiger partial charge in [0.15, 0.2) is 11.5 Å². The van der Waals surface area contributed by atoms with Crippen LogP contribution < -0.4 is 14.8 Å². The number of nitrogens with one attached hydrogen (secondary N) is 1. The molecule has 11 heteroatoms. The van der Waals surface area contributed by atoms with Crippen LogP contribution in [0.1, 0.15) is 53.9 Å². The fourth-order valence-corrected chi connectivity index (χ4v) is 7.37. The molecule has 0 saturated heterocycles. The Kier molecular flexibility index (Phi) is 6.15. The molecule has 1 amide bonds. The summed E-state index contributed by atoms with van der Waals surface area (Å²) in [6, 6.07) is 2.51. The SMILES string of the molecule is COCCOc1cc([N+](=O)[O-])c(C(=O)Nc2nnc(C34CC5CC(CC(C5)C3)C4)s2)cc1OC. The van der Waals surface area contributed by atoms with Crippen LogP contribution >= 0.6 is 11.3 Å². The van der Waals surface area contributed by atoms with E-state index in [2.05, 4.69) is 15.5 Å². The Labute approximate surface area is 201 Å². The molecule has 10 nitrogen and oxygen atoms in total. The molecular weight excluding hydrogens is 460 g/mol. The molecule has 4 saturated carbocycles. The van der Waals surface area contributed by atoms with Gasteiger partial charge in [-0.1, -0.05) is 11.3 Å². The van der Waals surface area contributed by atoms with Crippen LogP contribution in [0.15, 0.2) is 12.1 Å². The standard InChI is InChI=1S/C23H28N4O6S/c1-31-3-4-33-19-9-17(27(29)30)16(8-18(19)32-2)20(28)24-22-26-25-21(34-22)23-10-13-5-14(11-23)7-15(6-13)12-23/h8-9,13-15H,3-7,10-12H2,1-2H3,(H,24,26,28). The van der Waals surface area contributed by atoms with Gasteiger partial charge >= 0.3 is 0 Å². The molecule has 0 aliphatic heterocycles. The second-order valence-corrected chi connectivity index (χ2v) is 10.7. The van der Waals surface area contributed by atoms with Crippen molar-refractivity contribution < 1.29 is 23.9 Å². The minimum absolute atomic E-state index is 0.0752. The predicted molar refractivity (Wildman–Crippen MR) is 125 cm³/mol. The first-order valence-electron chi connectivity index (χ1n) is 11.5. The number of carbonyl (C=O) groups excluding carboxylic acids is 1. The van der Waals surface area contributed by atoms with Gasteiger partial charge in [-0.3, -0.25) is 20.2 Å². The zero-order valence-corrected chi connectivity index (χ0v) is 20.1. The Hall–Kier alpha value is -2.79. The van der Waals surface area contributed by atoms with E-state index in [9.17, 15) is 14.9 Å². The normalized spacial score (nSPS) is 26.9. The van der Waals surface area contributed by atoms with Crippen molar-refractivity contribution in [3.8, 4) is 11.5 Å². The molecule has 182 valence electrons. The molecule has 1 aromatic carbocycles. The third-order valence-electron chi connectivity index (χ3n) is 7.41. The number of benzene rings is 1. The topological polar surface area (TPSA) is 126 Å². The summed E-state index contributed by atoms with van der Waals surface area (Å²) >= 11 is 1.39. The molecule has 4 bridgehead atoms. The van der Waals surface area contributed by atoms with E-state index in [0.29, 0.717) is 11.7 Å². The van der Waals surface area contributed by atoms with E-state index in [1.165, 1.54) is 57.0 Å². The zero-order valence-electron chi connectivity index (χ0n) is 19.2. The molecule has 1 aromatic heterocycles. The van der Waals surface area contributed by atoms with Crippen molar-refractivity contribution in [1.82, 2.24) is 10.2 Å². The van der Waals surface area contributed by atoms with Crippen molar-refractivity contribution in [2.24, 2.45) is 17.8 Å². The highest BCUT2D eigenvalue weighted by molar-refractivity contribution is 7.15. The zero-order chi connectivity index (χ0) is 23.9. The van der Waals surface area contributed by atoms with Gasteiger partial charge in [-0.25, -0.2) is 0 Å². The lowest BCUT2D eigenvalue weighted by molar-refractivity contribution is -0.385. The molecule has 0 spiro atoms. The number of hydrogen-bond acceptors (Lipinski definition) is 9. The van der Waals surface area contributed by atoms with Crippen molar-refractivity contribution in [2.75, 3.05) is 32.8 Å². The van der Waals surface area contributed by atoms with Gasteiger partial charge < -0.3 is 14.2 Å². The molecule has 4 aliphatic carbocycles. The summed E-state index contributed by atoms with van der Waals surface area (Å²) < 4.78 is 15.8. The maximum Gasteiger partial charge on any atom is 0.286 e. The molecule has 4 fully saturated rings. The van der Waals surface area contributed by atoms with Gasteiger partial charge in [-0.15, -0.1) is 10.2 Å². The van der Waals surface area contributed by atoms with Gasteiger partial charge in [0.2, 0.25) is 5.13 Å². The van der Waals surface area contributed by atoms with Gasteiger partial charge in [-0.05, 0) is 56.3 Å². The maximum atomic E-state index is 13.0. The van der Waals surface area contributed by atoms with E-state index in [1.54, 1.807) is 0 Å². The van der Waals surface area contributed by atoms with Gasteiger partial charge in [-0.2, -0.15) is 0 Å². The van der Waals surface area contributed by atoms with Crippen molar-refractivity contribution in [3.05, 3.63) is 32.8 Å². The summed E-state index contributed by atoms with van der Waals surface area (Å²) in [5, 5.41) is 24.4. The predicted octanol–water partition coefficient (Wildman–Crippen LogP) is 4.20. The highest BCUT2D eigenvalue weighted by Crippen LogP contribution is 2.61. The summed E-state index contributed by atoms with van der Waals surface area (Å²) in [6.45, 7) is 0.496. The number of ether oxygens (including phenoxy) is 3. The van der Waals surface area contributed by atoms with Crippen LogP contribution in [-0.4, -0.2) is 48.5 Å². The van der Waals surface area contributed by atoms with Crippen LogP contribution in [-0.2, 0) is 10.2 Å². The van der Waals surface area contributed by atoms with E-state index in [0.717, 1.165) is 42.0 Å². The molecule has 1 heterocycles. The average molecular weight is 489 g/mol. The Balaban J connectivity index is 1.36. The van der Waals surface area contributed by atoms with E-state index in [4.69, 9.17) is 14.2 Å². The number of hydrogen-bond donors (Lipinski definition) is 1. The maximum absolute atomic E-state index is 13.0. The monoisotopic (exact) mass is 488 g/mol. The number of nitrogens with zero attached hydrogens (tertiary/aromatic N) is 3. The molecule has 1 N–H and O–H groups in total. The van der Waals surface area contributed by atoms with Gasteiger partial charge in [0.1, 0.15) is 17.2 Å². The summed E-state index contributed by atoms with van der Waals surface area (Å²) in [7, 11) is 2.94. The van der Waals surface area contributed by atoms with Gasteiger partial charge in [0.05, 0.1) is 24.7 Å². The first-order chi connectivity index (χ1) is 16.4. The number of nitro groups is 1. The first-order valence-corrected chi connectivity index (χ1v) is 12.4. The largest absolute Gasteiger partial charge is 0.493 e. The second kappa shape index (κ2) is 9.10. The van der Waals surface area contributed by atoms with Crippen LogP contribution in [0.5, 0.6) is 11.5 Å². The average Bonchev–Trinajstić information content (AvgIpc) is 3.27. The molecule has 0 unspecified atom stereocenters. The number of rotatable bonds is 9. The number of aromatic nitrogens is 2. The van der Waals surface area contributed by atoms with Crippen molar-refractivity contribution in [3.63, 3.8) is 0 Å². The molecule has 34 heavy (non-hydrogen) atoms. The minimum atomic E-state index is -0.637. The minimum Gasteiger partial charge on any atom is -0.493 e. The van der Waals surface area contributed by atoms with Crippen molar-refractivity contribution in [1.29, 1.82) is 0 Å². The van der Waals surface area contributed by atoms with Crippen molar-refractivity contribution >= 4 is 28.1 Å². The van der Waals surface area contributed by atoms with Crippen LogP contribution in [0.3, 0.4) is 0 Å². The lowest BCUT2D eigenvalue weighted by atomic mass is 9.50. The summed E-state index contributed by atoms with van der Waals surface area (Å²) in [5.74, 6) is 2.07. The molecule has 0 radical (unpaired) electrons. The Morgan fingerprint density at radius 3 is 2.38 bits per heavy atom. The lowest BCUT2D eigenvalue weighted by Gasteiger charge is -2.55. The smallest absolute Gasteiger partial charge is 0.286 e. The van der Waals surface area contributed by atoms with Crippen LogP contribution in [0, 0.1) is 27.9 Å². The quantitative estimate of drug-likeness (QED) is 0.316. The van der Waals surface area contributed by atoms with Gasteiger partial charge in [0.25, 0.3) is 11.6 Å². The highest BCUT2D eigenvalue weighted by atomic mass is 32.1. The van der Waals surface area contributed by atoms with Crippen LogP contribution in [0.25, 0.3) is 0 Å². The van der Waals surface area contributed by atoms with Crippen molar-refractivity contribution in [2.45, 2.75) is 43.9 Å². The Morgan fingerprint density at radius 2 is 1.79 bits per heavy atom. The fourth-order valence-electron chi connectivity index (χ4n) is 6.41. The Bertz CT molecular complexity index is 1070. The number of nitro benzene ring substituents is 1.